The lowest BCUT2D eigenvalue weighted by molar-refractivity contribution is -0.159. The molecule has 0 atom stereocenters. The van der Waals surface area contributed by atoms with Gasteiger partial charge in [0, 0.05) is 6.54 Å². The van der Waals surface area contributed by atoms with Gasteiger partial charge in [-0.3, -0.25) is 4.90 Å². The van der Waals surface area contributed by atoms with Gasteiger partial charge >= 0.3 is 11.9 Å². The Hall–Kier alpha value is -2.86. The summed E-state index contributed by atoms with van der Waals surface area (Å²) in [5.74, 6) is -2.64. The molecule has 166 valence electrons. The molecule has 1 heterocycles. The van der Waals surface area contributed by atoms with Crippen molar-refractivity contribution in [3.05, 3.63) is 64.7 Å². The number of carboxylic acids is 2. The lowest BCUT2D eigenvalue weighted by Gasteiger charge is -2.26. The van der Waals surface area contributed by atoms with Crippen LogP contribution in [0.1, 0.15) is 54.4 Å². The van der Waals surface area contributed by atoms with Gasteiger partial charge in [0.25, 0.3) is 0 Å². The molecule has 6 heteroatoms. The summed E-state index contributed by atoms with van der Waals surface area (Å²) in [6.45, 7) is 4.25. The van der Waals surface area contributed by atoms with Crippen LogP contribution in [0.2, 0.25) is 0 Å². The van der Waals surface area contributed by atoms with E-state index in [9.17, 15) is 0 Å². The Kier molecular flexibility index (Phi) is 8.47. The Balaban J connectivity index is 0.000000401. The number of carboxylic acid groups (broad SMARTS) is 2. The monoisotopic (exact) mass is 425 g/mol. The van der Waals surface area contributed by atoms with Crippen LogP contribution in [0.15, 0.2) is 42.5 Å². The number of carbonyl (C=O) groups is 2. The van der Waals surface area contributed by atoms with Crippen LogP contribution in [-0.4, -0.2) is 40.1 Å². The fraction of sp³-hybridized carbons (Fsp3) is 0.440. The van der Waals surface area contributed by atoms with Crippen molar-refractivity contribution in [3.8, 4) is 5.75 Å². The number of likely N-dealkylation sites (tertiary alicyclic amines) is 1. The van der Waals surface area contributed by atoms with Gasteiger partial charge in [-0.15, -0.1) is 0 Å². The summed E-state index contributed by atoms with van der Waals surface area (Å²) < 4.78 is 6.04. The highest BCUT2D eigenvalue weighted by Gasteiger charge is 2.11. The number of hydrogen-bond acceptors (Lipinski definition) is 4. The quantitative estimate of drug-likeness (QED) is 0.695. The minimum Gasteiger partial charge on any atom is -0.489 e. The predicted molar refractivity (Wildman–Crippen MR) is 118 cm³/mol. The second-order valence-electron chi connectivity index (χ2n) is 8.19. The van der Waals surface area contributed by atoms with Crippen molar-refractivity contribution in [1.29, 1.82) is 0 Å². The van der Waals surface area contributed by atoms with Crippen molar-refractivity contribution in [3.63, 3.8) is 0 Å². The first-order valence-electron chi connectivity index (χ1n) is 11.0. The molecular weight excluding hydrogens is 394 g/mol. The van der Waals surface area contributed by atoms with E-state index in [1.165, 1.54) is 80.3 Å². The van der Waals surface area contributed by atoms with Crippen molar-refractivity contribution in [2.24, 2.45) is 0 Å². The van der Waals surface area contributed by atoms with Crippen LogP contribution in [0, 0.1) is 0 Å². The Morgan fingerprint density at radius 2 is 1.39 bits per heavy atom. The van der Waals surface area contributed by atoms with E-state index >= 15 is 0 Å². The molecule has 2 aliphatic rings. The summed E-state index contributed by atoms with van der Waals surface area (Å²) in [7, 11) is 0. The number of hydrogen-bond donors (Lipinski definition) is 2. The molecular formula is C25H31NO5. The van der Waals surface area contributed by atoms with Gasteiger partial charge in [-0.2, -0.15) is 0 Å². The van der Waals surface area contributed by atoms with Gasteiger partial charge in [0.15, 0.2) is 0 Å². The van der Waals surface area contributed by atoms with Gasteiger partial charge < -0.3 is 14.9 Å². The number of nitrogens with zero attached hydrogens (tertiary/aromatic N) is 1. The second kappa shape index (κ2) is 11.5. The third-order valence-electron chi connectivity index (χ3n) is 5.79. The third kappa shape index (κ3) is 7.40. The number of rotatable bonds is 5. The van der Waals surface area contributed by atoms with Crippen LogP contribution < -0.4 is 4.74 Å². The van der Waals surface area contributed by atoms with Gasteiger partial charge in [-0.05, 0) is 86.0 Å². The second-order valence-corrected chi connectivity index (χ2v) is 8.19. The van der Waals surface area contributed by atoms with Crippen molar-refractivity contribution < 1.29 is 24.5 Å². The molecule has 2 aromatic carbocycles. The summed E-state index contributed by atoms with van der Waals surface area (Å²) in [5.41, 5.74) is 5.67. The molecule has 0 radical (unpaired) electrons. The maximum Gasteiger partial charge on any atom is 0.414 e. The van der Waals surface area contributed by atoms with E-state index in [2.05, 4.69) is 47.4 Å². The summed E-state index contributed by atoms with van der Waals surface area (Å²) in [4.78, 5) is 20.8. The Bertz CT molecular complexity index is 860. The first-order chi connectivity index (χ1) is 15.0. The van der Waals surface area contributed by atoms with Crippen molar-refractivity contribution in [2.45, 2.75) is 58.1 Å². The van der Waals surface area contributed by atoms with Crippen LogP contribution >= 0.6 is 0 Å². The standard InChI is InChI=1S/C23H29NO.C2H2O4/c1-4-14-24(15-5-1)17-19-8-10-20(11-9-19)18-25-23-13-12-21-6-2-3-7-22(21)16-23;3-1(4)2(5)6/h8-13,16H,1-7,14-15,17-18H2;(H,3,4)(H,5,6). The largest absolute Gasteiger partial charge is 0.489 e. The molecule has 0 bridgehead atoms. The molecule has 1 fully saturated rings. The Morgan fingerprint density at radius 3 is 2.03 bits per heavy atom. The van der Waals surface area contributed by atoms with Gasteiger partial charge in [0.05, 0.1) is 0 Å². The number of fused-ring (bicyclic) bond motifs is 1. The Labute approximate surface area is 183 Å². The number of piperidine rings is 1. The van der Waals surface area contributed by atoms with Gasteiger partial charge in [-0.25, -0.2) is 9.59 Å². The fourth-order valence-corrected chi connectivity index (χ4v) is 4.08. The van der Waals surface area contributed by atoms with E-state index in [0.717, 1.165) is 12.3 Å². The molecule has 6 nitrogen and oxygen atoms in total. The zero-order valence-corrected chi connectivity index (χ0v) is 17.9. The minimum atomic E-state index is -1.82. The van der Waals surface area contributed by atoms with Crippen LogP contribution in [0.4, 0.5) is 0 Å². The first kappa shape index (κ1) is 22.8. The number of benzene rings is 2. The van der Waals surface area contributed by atoms with Crippen molar-refractivity contribution >= 4 is 11.9 Å². The van der Waals surface area contributed by atoms with Gasteiger partial charge in [-0.1, -0.05) is 36.8 Å². The summed E-state index contributed by atoms with van der Waals surface area (Å²) >= 11 is 0. The highest BCUT2D eigenvalue weighted by atomic mass is 16.5. The maximum atomic E-state index is 9.10. The van der Waals surface area contributed by atoms with E-state index in [1.807, 2.05) is 0 Å². The van der Waals surface area contributed by atoms with Crippen molar-refractivity contribution in [2.75, 3.05) is 13.1 Å². The molecule has 0 aromatic heterocycles. The average molecular weight is 426 g/mol. The smallest absolute Gasteiger partial charge is 0.414 e. The Morgan fingerprint density at radius 1 is 0.774 bits per heavy atom. The zero-order chi connectivity index (χ0) is 22.1. The average Bonchev–Trinajstić information content (AvgIpc) is 2.79. The number of aliphatic carboxylic acids is 2. The van der Waals surface area contributed by atoms with E-state index in [0.29, 0.717) is 6.61 Å². The molecule has 31 heavy (non-hydrogen) atoms. The molecule has 0 spiro atoms. The van der Waals surface area contributed by atoms with E-state index in [-0.39, 0.29) is 0 Å². The predicted octanol–water partition coefficient (Wildman–Crippen LogP) is 4.29. The summed E-state index contributed by atoms with van der Waals surface area (Å²) in [5, 5.41) is 14.8. The third-order valence-corrected chi connectivity index (χ3v) is 5.79. The van der Waals surface area contributed by atoms with Crippen LogP contribution in [-0.2, 0) is 35.6 Å². The highest BCUT2D eigenvalue weighted by molar-refractivity contribution is 6.27. The molecule has 0 unspecified atom stereocenters. The first-order valence-corrected chi connectivity index (χ1v) is 11.0. The van der Waals surface area contributed by atoms with E-state index in [4.69, 9.17) is 24.5 Å². The summed E-state index contributed by atoms with van der Waals surface area (Å²) in [6.07, 6.45) is 9.19. The van der Waals surface area contributed by atoms with Crippen LogP contribution in [0.25, 0.3) is 0 Å². The fourth-order valence-electron chi connectivity index (χ4n) is 4.08. The van der Waals surface area contributed by atoms with Gasteiger partial charge in [0.2, 0.25) is 0 Å². The molecule has 0 saturated carbocycles. The summed E-state index contributed by atoms with van der Waals surface area (Å²) in [6, 6.07) is 15.6. The molecule has 1 aliphatic carbocycles. The molecule has 1 saturated heterocycles. The molecule has 4 rings (SSSR count). The maximum absolute atomic E-state index is 9.10. The SMILES string of the molecule is O=C(O)C(=O)O.c1cc(CN2CCCCC2)ccc1COc1ccc2c(c1)CCCC2. The highest BCUT2D eigenvalue weighted by Crippen LogP contribution is 2.26. The van der Waals surface area contributed by atoms with Crippen LogP contribution in [0.3, 0.4) is 0 Å². The van der Waals surface area contributed by atoms with E-state index < -0.39 is 11.9 Å². The van der Waals surface area contributed by atoms with Gasteiger partial charge in [0.1, 0.15) is 12.4 Å². The number of aryl methyl sites for hydroxylation is 2. The topological polar surface area (TPSA) is 87.1 Å². The molecule has 1 aliphatic heterocycles. The van der Waals surface area contributed by atoms with Crippen LogP contribution in [0.5, 0.6) is 5.75 Å². The molecule has 0 amide bonds. The lowest BCUT2D eigenvalue weighted by atomic mass is 9.92. The van der Waals surface area contributed by atoms with Crippen molar-refractivity contribution in [1.82, 2.24) is 4.90 Å². The number of ether oxygens (including phenoxy) is 1. The minimum absolute atomic E-state index is 0.656. The zero-order valence-electron chi connectivity index (χ0n) is 17.9. The molecule has 2 N–H and O–H groups in total. The van der Waals surface area contributed by atoms with E-state index in [1.54, 1.807) is 0 Å². The lowest BCUT2D eigenvalue weighted by Crippen LogP contribution is -2.29. The normalized spacial score (nSPS) is 15.9. The molecule has 2 aromatic rings.